The quantitative estimate of drug-likeness (QED) is 0.162. The number of para-hydroxylation sites is 1. The molecule has 0 amide bonds. The molecule has 0 radical (unpaired) electrons. The molecule has 11 aromatic rings. The van der Waals surface area contributed by atoms with Crippen molar-refractivity contribution in [2.24, 2.45) is 0 Å². The lowest BCUT2D eigenvalue weighted by atomic mass is 9.99. The minimum absolute atomic E-state index is 0.589. The molecular formula is C51H32N2O2. The molecule has 0 aliphatic carbocycles. The Hall–Kier alpha value is -7.43. The Morgan fingerprint density at radius 2 is 1.02 bits per heavy atom. The first kappa shape index (κ1) is 31.1. The van der Waals surface area contributed by atoms with Gasteiger partial charge >= 0.3 is 0 Å². The number of anilines is 3. The molecule has 9 aromatic carbocycles. The van der Waals surface area contributed by atoms with Crippen molar-refractivity contribution in [2.75, 3.05) is 4.90 Å². The maximum atomic E-state index is 6.61. The van der Waals surface area contributed by atoms with Gasteiger partial charge in [0.25, 0.3) is 0 Å². The molecule has 0 unspecified atom stereocenters. The SMILES string of the molecule is c1ccc(-c2cccc(N(c3ccc(-c4cc5nc(-c6ccccc6)oc5c5c4oc4ccccc45)cc3)c3ccc4ccc5ccccc5c4c3)c2)cc1. The molecule has 0 saturated heterocycles. The van der Waals surface area contributed by atoms with Crippen molar-refractivity contribution in [3.63, 3.8) is 0 Å². The monoisotopic (exact) mass is 704 g/mol. The van der Waals surface area contributed by atoms with Gasteiger partial charge in [0.15, 0.2) is 5.58 Å². The van der Waals surface area contributed by atoms with E-state index in [4.69, 9.17) is 13.8 Å². The molecule has 0 atom stereocenters. The molecule has 0 fully saturated rings. The number of rotatable bonds is 6. The van der Waals surface area contributed by atoms with Crippen molar-refractivity contribution in [2.45, 2.75) is 0 Å². The van der Waals surface area contributed by atoms with Crippen LogP contribution in [0.15, 0.2) is 203 Å². The third-order valence-electron chi connectivity index (χ3n) is 10.7. The maximum Gasteiger partial charge on any atom is 0.227 e. The lowest BCUT2D eigenvalue weighted by molar-refractivity contribution is 0.622. The maximum absolute atomic E-state index is 6.61. The van der Waals surface area contributed by atoms with E-state index in [0.717, 1.165) is 72.4 Å². The van der Waals surface area contributed by atoms with Crippen molar-refractivity contribution in [3.8, 4) is 33.7 Å². The summed E-state index contributed by atoms with van der Waals surface area (Å²) < 4.78 is 13.1. The van der Waals surface area contributed by atoms with Crippen LogP contribution in [0.25, 0.3) is 88.3 Å². The van der Waals surface area contributed by atoms with Gasteiger partial charge in [0.1, 0.15) is 16.7 Å². The average Bonchev–Trinajstić information content (AvgIpc) is 3.87. The largest absolute Gasteiger partial charge is 0.455 e. The van der Waals surface area contributed by atoms with Crippen molar-refractivity contribution in [3.05, 3.63) is 194 Å². The molecule has 2 aromatic heterocycles. The highest BCUT2D eigenvalue weighted by Crippen LogP contribution is 2.44. The van der Waals surface area contributed by atoms with E-state index in [1.54, 1.807) is 0 Å². The molecule has 4 heteroatoms. The Labute approximate surface area is 317 Å². The van der Waals surface area contributed by atoms with E-state index < -0.39 is 0 Å². The summed E-state index contributed by atoms with van der Waals surface area (Å²) in [4.78, 5) is 7.34. The molecule has 11 rings (SSSR count). The highest BCUT2D eigenvalue weighted by Gasteiger charge is 2.22. The molecule has 2 heterocycles. The molecule has 258 valence electrons. The Balaban J connectivity index is 1.09. The second kappa shape index (κ2) is 12.6. The van der Waals surface area contributed by atoms with Crippen molar-refractivity contribution in [1.82, 2.24) is 4.98 Å². The Morgan fingerprint density at radius 1 is 0.382 bits per heavy atom. The zero-order valence-corrected chi connectivity index (χ0v) is 29.7. The lowest BCUT2D eigenvalue weighted by Gasteiger charge is -2.27. The number of aromatic nitrogens is 1. The zero-order valence-electron chi connectivity index (χ0n) is 29.7. The summed E-state index contributed by atoms with van der Waals surface area (Å²) in [6.45, 7) is 0. The predicted octanol–water partition coefficient (Wildman–Crippen LogP) is 14.5. The van der Waals surface area contributed by atoms with E-state index >= 15 is 0 Å². The number of hydrogen-bond donors (Lipinski definition) is 0. The third-order valence-corrected chi connectivity index (χ3v) is 10.7. The van der Waals surface area contributed by atoms with E-state index in [1.165, 1.54) is 27.1 Å². The summed E-state index contributed by atoms with van der Waals surface area (Å²) in [5.74, 6) is 0.589. The lowest BCUT2D eigenvalue weighted by Crippen LogP contribution is -2.10. The van der Waals surface area contributed by atoms with E-state index in [1.807, 2.05) is 48.5 Å². The van der Waals surface area contributed by atoms with Crippen LogP contribution in [0.1, 0.15) is 0 Å². The number of benzene rings is 9. The first-order chi connectivity index (χ1) is 27.2. The van der Waals surface area contributed by atoms with Gasteiger partial charge in [-0.25, -0.2) is 4.98 Å². The van der Waals surface area contributed by atoms with Crippen LogP contribution in [0.4, 0.5) is 17.1 Å². The topological polar surface area (TPSA) is 42.4 Å². The van der Waals surface area contributed by atoms with Crippen LogP contribution in [-0.4, -0.2) is 4.98 Å². The normalized spacial score (nSPS) is 11.6. The summed E-state index contributed by atoms with van der Waals surface area (Å²) in [6, 6.07) is 68.2. The van der Waals surface area contributed by atoms with E-state index in [0.29, 0.717) is 5.89 Å². The van der Waals surface area contributed by atoms with Gasteiger partial charge in [-0.1, -0.05) is 133 Å². The summed E-state index contributed by atoms with van der Waals surface area (Å²) in [6.07, 6.45) is 0. The number of oxazole rings is 1. The second-order valence-corrected chi connectivity index (χ2v) is 14.0. The Kier molecular flexibility index (Phi) is 7.14. The number of furan rings is 1. The van der Waals surface area contributed by atoms with Gasteiger partial charge in [0.2, 0.25) is 5.89 Å². The van der Waals surface area contributed by atoms with Gasteiger partial charge in [-0.3, -0.25) is 0 Å². The van der Waals surface area contributed by atoms with E-state index in [9.17, 15) is 0 Å². The molecular weight excluding hydrogens is 673 g/mol. The number of nitrogens with zero attached hydrogens (tertiary/aromatic N) is 2. The fourth-order valence-corrected chi connectivity index (χ4v) is 8.01. The van der Waals surface area contributed by atoms with Crippen LogP contribution in [0.3, 0.4) is 0 Å². The minimum atomic E-state index is 0.589. The van der Waals surface area contributed by atoms with Crippen LogP contribution in [0.5, 0.6) is 0 Å². The zero-order chi connectivity index (χ0) is 36.3. The van der Waals surface area contributed by atoms with Crippen LogP contribution >= 0.6 is 0 Å². The smallest absolute Gasteiger partial charge is 0.227 e. The molecule has 0 N–H and O–H groups in total. The summed E-state index contributed by atoms with van der Waals surface area (Å²) >= 11 is 0. The van der Waals surface area contributed by atoms with Gasteiger partial charge in [0, 0.05) is 33.6 Å². The van der Waals surface area contributed by atoms with Crippen LogP contribution in [0, 0.1) is 0 Å². The van der Waals surface area contributed by atoms with Crippen LogP contribution in [-0.2, 0) is 0 Å². The fraction of sp³-hybridized carbons (Fsp3) is 0. The van der Waals surface area contributed by atoms with Crippen LogP contribution in [0.2, 0.25) is 0 Å². The molecule has 55 heavy (non-hydrogen) atoms. The van der Waals surface area contributed by atoms with Gasteiger partial charge in [-0.15, -0.1) is 0 Å². The summed E-state index contributed by atoms with van der Waals surface area (Å²) in [7, 11) is 0. The van der Waals surface area contributed by atoms with E-state index in [2.05, 4.69) is 150 Å². The molecule has 0 aliphatic rings. The number of fused-ring (bicyclic) bond motifs is 8. The Bertz CT molecular complexity index is 3200. The summed E-state index contributed by atoms with van der Waals surface area (Å²) in [5.41, 5.74) is 11.6. The second-order valence-electron chi connectivity index (χ2n) is 14.0. The Morgan fingerprint density at radius 3 is 1.84 bits per heavy atom. The predicted molar refractivity (Wildman–Crippen MR) is 227 cm³/mol. The van der Waals surface area contributed by atoms with Crippen molar-refractivity contribution >= 4 is 71.6 Å². The molecule has 0 spiro atoms. The molecule has 0 aliphatic heterocycles. The highest BCUT2D eigenvalue weighted by molar-refractivity contribution is 6.20. The van der Waals surface area contributed by atoms with E-state index in [-0.39, 0.29) is 0 Å². The third kappa shape index (κ3) is 5.26. The van der Waals surface area contributed by atoms with Gasteiger partial charge in [-0.05, 0) is 98.9 Å². The minimum Gasteiger partial charge on any atom is -0.455 e. The fourth-order valence-electron chi connectivity index (χ4n) is 8.01. The summed E-state index contributed by atoms with van der Waals surface area (Å²) in [5, 5.41) is 6.84. The molecule has 0 bridgehead atoms. The van der Waals surface area contributed by atoms with Gasteiger partial charge < -0.3 is 13.7 Å². The molecule has 0 saturated carbocycles. The molecule has 4 nitrogen and oxygen atoms in total. The van der Waals surface area contributed by atoms with Gasteiger partial charge in [0.05, 0.1) is 5.39 Å². The van der Waals surface area contributed by atoms with Gasteiger partial charge in [-0.2, -0.15) is 0 Å². The first-order valence-electron chi connectivity index (χ1n) is 18.5. The average molecular weight is 705 g/mol. The number of hydrogen-bond acceptors (Lipinski definition) is 4. The standard InChI is InChI=1S/C51H32N2O2/c1-3-12-33(13-4-1)38-17-11-18-40(30-38)53(41-29-26-35-23-22-34-14-7-8-19-42(34)44(35)31-41)39-27-24-36(25-28-39)45-32-46-50(55-51(52-46)37-15-5-2-6-16-37)48-43-20-9-10-21-47(43)54-49(45)48/h1-32H. The highest BCUT2D eigenvalue weighted by atomic mass is 16.4. The van der Waals surface area contributed by atoms with Crippen molar-refractivity contribution in [1.29, 1.82) is 0 Å². The van der Waals surface area contributed by atoms with Crippen molar-refractivity contribution < 1.29 is 8.83 Å². The van der Waals surface area contributed by atoms with Crippen LogP contribution < -0.4 is 4.90 Å². The first-order valence-corrected chi connectivity index (χ1v) is 18.5.